The Bertz CT molecular complexity index is 1050. The number of rotatable bonds is 3. The second-order valence-corrected chi connectivity index (χ2v) is 7.07. The normalized spacial score (nSPS) is 11.0. The Morgan fingerprint density at radius 1 is 1.00 bits per heavy atom. The van der Waals surface area contributed by atoms with Crippen LogP contribution >= 0.6 is 34.5 Å². The van der Waals surface area contributed by atoms with E-state index in [-0.39, 0.29) is 0 Å². The maximum atomic E-state index is 13.5. The largest absolute Gasteiger partial charge is 0.259 e. The van der Waals surface area contributed by atoms with Gasteiger partial charge in [-0.1, -0.05) is 29.3 Å². The fourth-order valence-corrected chi connectivity index (χ4v) is 4.11. The molecule has 0 unspecified atom stereocenters. The number of pyridine rings is 1. The van der Waals surface area contributed by atoms with E-state index in [0.29, 0.717) is 15.9 Å². The summed E-state index contributed by atoms with van der Waals surface area (Å²) in [6.45, 7) is 0. The van der Waals surface area contributed by atoms with Crippen LogP contribution in [-0.4, -0.2) is 20.2 Å². The quantitative estimate of drug-likeness (QED) is 0.455. The highest BCUT2D eigenvalue weighted by Crippen LogP contribution is 2.44. The lowest BCUT2D eigenvalue weighted by molar-refractivity contribution is 0.584. The van der Waals surface area contributed by atoms with Gasteiger partial charge in [-0.15, -0.1) is 11.3 Å². The molecule has 0 aliphatic rings. The molecule has 0 saturated heterocycles. The van der Waals surface area contributed by atoms with Crippen LogP contribution in [0.3, 0.4) is 0 Å². The fourth-order valence-electron chi connectivity index (χ4n) is 2.49. The van der Waals surface area contributed by atoms with Gasteiger partial charge in [0.15, 0.2) is 5.82 Å². The molecule has 4 aromatic rings. The molecule has 1 N–H and O–H groups in total. The maximum Gasteiger partial charge on any atom is 0.213 e. The Kier molecular flexibility index (Phi) is 4.25. The molecule has 0 amide bonds. The van der Waals surface area contributed by atoms with E-state index in [1.54, 1.807) is 18.2 Å². The number of aromatic amines is 1. The highest BCUT2D eigenvalue weighted by Gasteiger charge is 2.18. The van der Waals surface area contributed by atoms with E-state index in [4.69, 9.17) is 23.2 Å². The molecule has 8 heteroatoms. The summed E-state index contributed by atoms with van der Waals surface area (Å²) in [6.07, 6.45) is 2.88. The van der Waals surface area contributed by atoms with E-state index >= 15 is 0 Å². The molecule has 3 heterocycles. The van der Waals surface area contributed by atoms with Crippen LogP contribution in [0.5, 0.6) is 0 Å². The van der Waals surface area contributed by atoms with E-state index in [0.717, 1.165) is 26.4 Å². The average molecular weight is 391 g/mol. The molecule has 124 valence electrons. The lowest BCUT2D eigenvalue weighted by atomic mass is 10.0. The van der Waals surface area contributed by atoms with Crippen molar-refractivity contribution in [1.82, 2.24) is 20.2 Å². The molecule has 4 rings (SSSR count). The van der Waals surface area contributed by atoms with Crippen molar-refractivity contribution in [2.45, 2.75) is 0 Å². The number of hydrogen-bond acceptors (Lipinski definition) is 4. The van der Waals surface area contributed by atoms with Crippen molar-refractivity contribution in [1.29, 1.82) is 0 Å². The summed E-state index contributed by atoms with van der Waals surface area (Å²) in [4.78, 5) is 9.56. The molecular formula is C17H9Cl2FN4S. The second kappa shape index (κ2) is 6.55. The van der Waals surface area contributed by atoms with Crippen molar-refractivity contribution in [3.05, 3.63) is 64.9 Å². The molecule has 1 aromatic carbocycles. The van der Waals surface area contributed by atoms with Crippen LogP contribution in [0, 0.1) is 5.95 Å². The number of nitrogens with zero attached hydrogens (tertiary/aromatic N) is 3. The minimum absolute atomic E-state index is 0.526. The monoisotopic (exact) mass is 390 g/mol. The van der Waals surface area contributed by atoms with Crippen LogP contribution in [-0.2, 0) is 0 Å². The summed E-state index contributed by atoms with van der Waals surface area (Å²) in [6, 6.07) is 10.4. The van der Waals surface area contributed by atoms with Crippen LogP contribution in [0.2, 0.25) is 10.0 Å². The fraction of sp³-hybridized carbons (Fsp3) is 0. The van der Waals surface area contributed by atoms with Crippen molar-refractivity contribution in [2.75, 3.05) is 0 Å². The Labute approximate surface area is 156 Å². The Balaban J connectivity index is 1.93. The summed E-state index contributed by atoms with van der Waals surface area (Å²) in [5.74, 6) is 0.0879. The van der Waals surface area contributed by atoms with Gasteiger partial charge in [0.1, 0.15) is 6.33 Å². The average Bonchev–Trinajstić information content (AvgIpc) is 3.24. The second-order valence-electron chi connectivity index (χ2n) is 5.18. The van der Waals surface area contributed by atoms with Crippen molar-refractivity contribution in [2.24, 2.45) is 0 Å². The van der Waals surface area contributed by atoms with Crippen molar-refractivity contribution >= 4 is 34.5 Å². The number of nitrogens with one attached hydrogen (secondary N) is 1. The van der Waals surface area contributed by atoms with Crippen molar-refractivity contribution in [3.8, 4) is 32.3 Å². The molecule has 0 atom stereocenters. The summed E-state index contributed by atoms with van der Waals surface area (Å²) in [7, 11) is 0. The number of hydrogen-bond donors (Lipinski definition) is 1. The first kappa shape index (κ1) is 16.2. The van der Waals surface area contributed by atoms with Gasteiger partial charge < -0.3 is 0 Å². The third-order valence-electron chi connectivity index (χ3n) is 3.59. The zero-order valence-electron chi connectivity index (χ0n) is 12.5. The molecule has 0 saturated carbocycles. The molecule has 0 fully saturated rings. The summed E-state index contributed by atoms with van der Waals surface area (Å²) in [5, 5.41) is 7.86. The Morgan fingerprint density at radius 2 is 1.88 bits per heavy atom. The zero-order chi connectivity index (χ0) is 17.4. The van der Waals surface area contributed by atoms with Gasteiger partial charge in [0.2, 0.25) is 5.95 Å². The summed E-state index contributed by atoms with van der Waals surface area (Å²) >= 11 is 13.9. The molecule has 0 aliphatic carbocycles. The first-order chi connectivity index (χ1) is 12.1. The maximum absolute atomic E-state index is 13.5. The summed E-state index contributed by atoms with van der Waals surface area (Å²) in [5.41, 5.74) is 2.42. The standard InChI is InChI=1S/C17H9Cl2FN4S/c18-10-1-2-11(13(19)6-10)12-7-14(9-3-4-21-15(20)5-9)25-16(12)17-22-8-23-24-17/h1-8H,(H,22,23,24). The number of halogens is 3. The van der Waals surface area contributed by atoms with E-state index in [1.165, 1.54) is 29.9 Å². The highest BCUT2D eigenvalue weighted by atomic mass is 35.5. The minimum atomic E-state index is -0.529. The van der Waals surface area contributed by atoms with E-state index in [1.807, 2.05) is 12.1 Å². The van der Waals surface area contributed by atoms with Crippen LogP contribution in [0.4, 0.5) is 4.39 Å². The Morgan fingerprint density at radius 3 is 2.60 bits per heavy atom. The third-order valence-corrected chi connectivity index (χ3v) is 5.33. The highest BCUT2D eigenvalue weighted by molar-refractivity contribution is 7.19. The first-order valence-corrected chi connectivity index (χ1v) is 8.76. The van der Waals surface area contributed by atoms with Crippen molar-refractivity contribution in [3.63, 3.8) is 0 Å². The van der Waals surface area contributed by atoms with Gasteiger partial charge in [-0.2, -0.15) is 9.49 Å². The molecule has 0 bridgehead atoms. The van der Waals surface area contributed by atoms with E-state index < -0.39 is 5.95 Å². The number of benzene rings is 1. The van der Waals surface area contributed by atoms with Crippen LogP contribution in [0.15, 0.2) is 48.9 Å². The van der Waals surface area contributed by atoms with Gasteiger partial charge in [0.05, 0.1) is 4.88 Å². The van der Waals surface area contributed by atoms with Crippen molar-refractivity contribution < 1.29 is 4.39 Å². The topological polar surface area (TPSA) is 54.5 Å². The Hall–Kier alpha value is -2.28. The number of aromatic nitrogens is 4. The van der Waals surface area contributed by atoms with Crippen LogP contribution in [0.1, 0.15) is 0 Å². The SMILES string of the molecule is Fc1cc(-c2cc(-c3ccc(Cl)cc3Cl)c(-c3ncn[nH]3)s2)ccn1. The third kappa shape index (κ3) is 3.16. The molecule has 0 spiro atoms. The molecule has 25 heavy (non-hydrogen) atoms. The first-order valence-electron chi connectivity index (χ1n) is 7.19. The van der Waals surface area contributed by atoms with Crippen LogP contribution < -0.4 is 0 Å². The van der Waals surface area contributed by atoms with E-state index in [2.05, 4.69) is 20.2 Å². The lowest BCUT2D eigenvalue weighted by Gasteiger charge is -2.05. The van der Waals surface area contributed by atoms with Gasteiger partial charge in [0.25, 0.3) is 0 Å². The van der Waals surface area contributed by atoms with Gasteiger partial charge in [0, 0.05) is 38.3 Å². The van der Waals surface area contributed by atoms with Crippen LogP contribution in [0.25, 0.3) is 32.3 Å². The van der Waals surface area contributed by atoms with Gasteiger partial charge >= 0.3 is 0 Å². The van der Waals surface area contributed by atoms with Gasteiger partial charge in [-0.25, -0.2) is 9.97 Å². The predicted molar refractivity (Wildman–Crippen MR) is 98.3 cm³/mol. The molecule has 3 aromatic heterocycles. The minimum Gasteiger partial charge on any atom is -0.259 e. The molecule has 0 aliphatic heterocycles. The van der Waals surface area contributed by atoms with E-state index in [9.17, 15) is 4.39 Å². The lowest BCUT2D eigenvalue weighted by Crippen LogP contribution is -1.83. The zero-order valence-corrected chi connectivity index (χ0v) is 14.8. The molecular weight excluding hydrogens is 382 g/mol. The van der Waals surface area contributed by atoms with Gasteiger partial charge in [-0.05, 0) is 29.8 Å². The van der Waals surface area contributed by atoms with Gasteiger partial charge in [-0.3, -0.25) is 5.10 Å². The molecule has 4 nitrogen and oxygen atoms in total. The smallest absolute Gasteiger partial charge is 0.213 e. The molecule has 0 radical (unpaired) electrons. The summed E-state index contributed by atoms with van der Waals surface area (Å²) < 4.78 is 13.5. The number of H-pyrrole nitrogens is 1. The predicted octanol–water partition coefficient (Wildman–Crippen LogP) is 5.71. The number of thiophene rings is 1.